The van der Waals surface area contributed by atoms with E-state index >= 15 is 0 Å². The summed E-state index contributed by atoms with van der Waals surface area (Å²) in [6.45, 7) is 2.25. The fourth-order valence-corrected chi connectivity index (χ4v) is 2.18. The van der Waals surface area contributed by atoms with E-state index in [1.807, 2.05) is 6.07 Å². The van der Waals surface area contributed by atoms with E-state index in [1.165, 1.54) is 0 Å². The number of amides is 1. The SMILES string of the molecule is CC(=O)N1CCc2cc(N)cc(Cl)c21. The third-order valence-corrected chi connectivity index (χ3v) is 2.71. The summed E-state index contributed by atoms with van der Waals surface area (Å²) in [6, 6.07) is 3.56. The maximum absolute atomic E-state index is 11.3. The van der Waals surface area contributed by atoms with Crippen LogP contribution in [0.3, 0.4) is 0 Å². The lowest BCUT2D eigenvalue weighted by Gasteiger charge is -2.16. The molecule has 0 saturated heterocycles. The van der Waals surface area contributed by atoms with Gasteiger partial charge in [0.15, 0.2) is 0 Å². The van der Waals surface area contributed by atoms with Gasteiger partial charge in [0.1, 0.15) is 0 Å². The van der Waals surface area contributed by atoms with Crippen LogP contribution in [0.1, 0.15) is 12.5 Å². The second-order valence-electron chi connectivity index (χ2n) is 3.43. The van der Waals surface area contributed by atoms with Gasteiger partial charge in [0.05, 0.1) is 10.7 Å². The van der Waals surface area contributed by atoms with Crippen LogP contribution < -0.4 is 10.6 Å². The minimum absolute atomic E-state index is 0.0235. The van der Waals surface area contributed by atoms with Gasteiger partial charge in [-0.25, -0.2) is 0 Å². The van der Waals surface area contributed by atoms with E-state index in [1.54, 1.807) is 17.9 Å². The number of hydrogen-bond acceptors (Lipinski definition) is 2. The lowest BCUT2D eigenvalue weighted by atomic mass is 10.1. The number of benzene rings is 1. The highest BCUT2D eigenvalue weighted by Gasteiger charge is 2.24. The zero-order valence-electron chi connectivity index (χ0n) is 7.88. The Balaban J connectivity index is 2.54. The van der Waals surface area contributed by atoms with Crippen molar-refractivity contribution in [2.75, 3.05) is 17.2 Å². The van der Waals surface area contributed by atoms with Gasteiger partial charge in [-0.05, 0) is 24.1 Å². The first kappa shape index (κ1) is 9.34. The van der Waals surface area contributed by atoms with Crippen molar-refractivity contribution < 1.29 is 4.79 Å². The molecule has 0 aromatic heterocycles. The van der Waals surface area contributed by atoms with Crippen molar-refractivity contribution in [3.63, 3.8) is 0 Å². The number of carbonyl (C=O) groups excluding carboxylic acids is 1. The summed E-state index contributed by atoms with van der Waals surface area (Å²) in [4.78, 5) is 13.0. The van der Waals surface area contributed by atoms with Crippen LogP contribution in [-0.4, -0.2) is 12.5 Å². The molecule has 0 aliphatic carbocycles. The van der Waals surface area contributed by atoms with Crippen molar-refractivity contribution in [1.82, 2.24) is 0 Å². The second-order valence-corrected chi connectivity index (χ2v) is 3.84. The summed E-state index contributed by atoms with van der Waals surface area (Å²) < 4.78 is 0. The standard InChI is InChI=1S/C10H11ClN2O/c1-6(14)13-3-2-7-4-8(12)5-9(11)10(7)13/h4-5H,2-3,12H2,1H3. The Bertz CT molecular complexity index is 403. The summed E-state index contributed by atoms with van der Waals surface area (Å²) in [7, 11) is 0. The first-order valence-corrected chi connectivity index (χ1v) is 4.83. The van der Waals surface area contributed by atoms with Crippen LogP contribution in [0.4, 0.5) is 11.4 Å². The van der Waals surface area contributed by atoms with Crippen LogP contribution in [-0.2, 0) is 11.2 Å². The summed E-state index contributed by atoms with van der Waals surface area (Å²) in [6.07, 6.45) is 0.833. The molecule has 0 fully saturated rings. The topological polar surface area (TPSA) is 46.3 Å². The Hall–Kier alpha value is -1.22. The van der Waals surface area contributed by atoms with Crippen LogP contribution in [0.25, 0.3) is 0 Å². The van der Waals surface area contributed by atoms with E-state index in [0.717, 1.165) is 17.7 Å². The zero-order valence-corrected chi connectivity index (χ0v) is 8.64. The van der Waals surface area contributed by atoms with Crippen molar-refractivity contribution in [2.24, 2.45) is 0 Å². The molecule has 0 radical (unpaired) electrons. The number of rotatable bonds is 0. The molecule has 1 aliphatic rings. The summed E-state index contributed by atoms with van der Waals surface area (Å²) in [5.74, 6) is 0.0235. The zero-order chi connectivity index (χ0) is 10.3. The minimum Gasteiger partial charge on any atom is -0.399 e. The predicted molar refractivity (Wildman–Crippen MR) is 57.6 cm³/mol. The van der Waals surface area contributed by atoms with Crippen molar-refractivity contribution in [1.29, 1.82) is 0 Å². The van der Waals surface area contributed by atoms with Crippen LogP contribution in [0, 0.1) is 0 Å². The largest absolute Gasteiger partial charge is 0.399 e. The van der Waals surface area contributed by atoms with Gasteiger partial charge < -0.3 is 10.6 Å². The molecule has 74 valence electrons. The van der Waals surface area contributed by atoms with Gasteiger partial charge in [-0.2, -0.15) is 0 Å². The molecule has 2 rings (SSSR count). The molecule has 14 heavy (non-hydrogen) atoms. The molecule has 0 atom stereocenters. The summed E-state index contributed by atoms with van der Waals surface area (Å²) >= 11 is 6.04. The quantitative estimate of drug-likeness (QED) is 0.665. The van der Waals surface area contributed by atoms with E-state index in [0.29, 0.717) is 17.3 Å². The number of nitrogens with zero attached hydrogens (tertiary/aromatic N) is 1. The highest BCUT2D eigenvalue weighted by molar-refractivity contribution is 6.34. The molecule has 0 unspecified atom stereocenters. The number of halogens is 1. The number of carbonyl (C=O) groups is 1. The van der Waals surface area contributed by atoms with Crippen LogP contribution in [0.15, 0.2) is 12.1 Å². The fourth-order valence-electron chi connectivity index (χ4n) is 1.83. The number of nitrogen functional groups attached to an aromatic ring is 1. The van der Waals surface area contributed by atoms with Crippen molar-refractivity contribution >= 4 is 28.9 Å². The molecule has 1 heterocycles. The molecular weight excluding hydrogens is 200 g/mol. The summed E-state index contributed by atoms with van der Waals surface area (Å²) in [5.41, 5.74) is 8.20. The highest BCUT2D eigenvalue weighted by atomic mass is 35.5. The van der Waals surface area contributed by atoms with Gasteiger partial charge in [-0.15, -0.1) is 0 Å². The Kier molecular flexibility index (Phi) is 2.11. The third-order valence-electron chi connectivity index (χ3n) is 2.42. The highest BCUT2D eigenvalue weighted by Crippen LogP contribution is 2.36. The van der Waals surface area contributed by atoms with Gasteiger partial charge in [0, 0.05) is 19.2 Å². The Morgan fingerprint density at radius 2 is 2.29 bits per heavy atom. The smallest absolute Gasteiger partial charge is 0.223 e. The molecule has 0 spiro atoms. The van der Waals surface area contributed by atoms with Crippen LogP contribution in [0.5, 0.6) is 0 Å². The van der Waals surface area contributed by atoms with Gasteiger partial charge >= 0.3 is 0 Å². The lowest BCUT2D eigenvalue weighted by molar-refractivity contribution is -0.116. The van der Waals surface area contributed by atoms with Gasteiger partial charge in [0.25, 0.3) is 0 Å². The Morgan fingerprint density at radius 3 is 2.93 bits per heavy atom. The summed E-state index contributed by atoms with van der Waals surface area (Å²) in [5, 5.41) is 0.563. The maximum atomic E-state index is 11.3. The molecule has 4 heteroatoms. The minimum atomic E-state index is 0.0235. The maximum Gasteiger partial charge on any atom is 0.223 e. The number of hydrogen-bond donors (Lipinski definition) is 1. The van der Waals surface area contributed by atoms with E-state index in [-0.39, 0.29) is 5.91 Å². The third kappa shape index (κ3) is 1.34. The predicted octanol–water partition coefficient (Wildman–Crippen LogP) is 1.83. The van der Waals surface area contributed by atoms with Gasteiger partial charge in [-0.3, -0.25) is 4.79 Å². The molecule has 1 aromatic rings. The average molecular weight is 211 g/mol. The van der Waals surface area contributed by atoms with E-state index in [2.05, 4.69) is 0 Å². The van der Waals surface area contributed by atoms with Gasteiger partial charge in [0.2, 0.25) is 5.91 Å². The molecule has 1 amide bonds. The second kappa shape index (κ2) is 3.17. The van der Waals surface area contributed by atoms with E-state index < -0.39 is 0 Å². The molecule has 2 N–H and O–H groups in total. The monoisotopic (exact) mass is 210 g/mol. The van der Waals surface area contributed by atoms with Crippen LogP contribution in [0.2, 0.25) is 5.02 Å². The first-order chi connectivity index (χ1) is 6.59. The fraction of sp³-hybridized carbons (Fsp3) is 0.300. The average Bonchev–Trinajstić information content (AvgIpc) is 2.47. The van der Waals surface area contributed by atoms with E-state index in [9.17, 15) is 4.79 Å². The molecule has 0 bridgehead atoms. The van der Waals surface area contributed by atoms with Crippen molar-refractivity contribution in [3.8, 4) is 0 Å². The van der Waals surface area contributed by atoms with Crippen molar-refractivity contribution in [2.45, 2.75) is 13.3 Å². The van der Waals surface area contributed by atoms with Gasteiger partial charge in [-0.1, -0.05) is 11.6 Å². The molecule has 3 nitrogen and oxygen atoms in total. The number of anilines is 2. The molecule has 1 aliphatic heterocycles. The molecule has 0 saturated carbocycles. The molecule has 1 aromatic carbocycles. The molecular formula is C10H11ClN2O. The Morgan fingerprint density at radius 1 is 1.57 bits per heavy atom. The number of fused-ring (bicyclic) bond motifs is 1. The number of nitrogens with two attached hydrogens (primary N) is 1. The first-order valence-electron chi connectivity index (χ1n) is 4.45. The normalized spacial score (nSPS) is 14.3. The van der Waals surface area contributed by atoms with Crippen molar-refractivity contribution in [3.05, 3.63) is 22.7 Å². The van der Waals surface area contributed by atoms with E-state index in [4.69, 9.17) is 17.3 Å². The Labute approximate surface area is 87.4 Å². The van der Waals surface area contributed by atoms with Crippen LogP contribution >= 0.6 is 11.6 Å². The lowest BCUT2D eigenvalue weighted by Crippen LogP contribution is -2.26.